The molecule has 0 atom stereocenters. The molecule has 15 heavy (non-hydrogen) atoms. The van der Waals surface area contributed by atoms with E-state index in [0.717, 1.165) is 0 Å². The zero-order valence-electron chi connectivity index (χ0n) is 8.08. The Morgan fingerprint density at radius 3 is 3.00 bits per heavy atom. The number of nitrogens with one attached hydrogen (secondary N) is 2. The number of hydrogen-bond acceptors (Lipinski definition) is 4. The number of carbonyl (C=O) groups is 1. The van der Waals surface area contributed by atoms with E-state index < -0.39 is 5.97 Å². The number of allylic oxidation sites excluding steroid dienone is 1. The maximum absolute atomic E-state index is 11.5. The normalized spacial score (nSPS) is 11.2. The summed E-state index contributed by atoms with van der Waals surface area (Å²) in [6.45, 7) is 1.95. The van der Waals surface area contributed by atoms with Crippen molar-refractivity contribution >= 4 is 28.3 Å². The highest BCUT2D eigenvalue weighted by Gasteiger charge is 2.15. The van der Waals surface area contributed by atoms with Crippen LogP contribution in [0.1, 0.15) is 12.7 Å². The molecule has 1 aromatic heterocycles. The van der Waals surface area contributed by atoms with E-state index in [-0.39, 0.29) is 17.4 Å². The SMILES string of the molecule is CCOC(=O)/C(=C/C(=N)Cl)c1ncc[nH]1. The number of halogens is 1. The molecule has 1 rings (SSSR count). The number of aromatic amines is 1. The summed E-state index contributed by atoms with van der Waals surface area (Å²) in [7, 11) is 0. The van der Waals surface area contributed by atoms with Crippen LogP contribution in [0, 0.1) is 5.41 Å². The van der Waals surface area contributed by atoms with Gasteiger partial charge in [-0.1, -0.05) is 11.6 Å². The van der Waals surface area contributed by atoms with Gasteiger partial charge in [0.05, 0.1) is 6.61 Å². The molecule has 0 bridgehead atoms. The molecular formula is C9H10ClN3O2. The molecule has 0 aliphatic rings. The van der Waals surface area contributed by atoms with Crippen LogP contribution in [0.15, 0.2) is 18.5 Å². The van der Waals surface area contributed by atoms with Crippen molar-refractivity contribution in [2.45, 2.75) is 6.92 Å². The van der Waals surface area contributed by atoms with Crippen LogP contribution in [-0.2, 0) is 9.53 Å². The molecule has 80 valence electrons. The standard InChI is InChI=1S/C9H10ClN3O2/c1-2-15-9(14)6(5-7(10)11)8-12-3-4-13-8/h3-5,11H,2H2,1H3,(H,12,13)/b6-5+,11-7?. The molecule has 0 aliphatic carbocycles. The summed E-state index contributed by atoms with van der Waals surface area (Å²) in [6.07, 6.45) is 4.26. The summed E-state index contributed by atoms with van der Waals surface area (Å²) in [5, 5.41) is 6.84. The lowest BCUT2D eigenvalue weighted by atomic mass is 10.2. The van der Waals surface area contributed by atoms with Crippen molar-refractivity contribution in [3.63, 3.8) is 0 Å². The molecule has 1 heterocycles. The highest BCUT2D eigenvalue weighted by Crippen LogP contribution is 2.12. The first-order valence-corrected chi connectivity index (χ1v) is 4.65. The third kappa shape index (κ3) is 3.21. The topological polar surface area (TPSA) is 78.8 Å². The van der Waals surface area contributed by atoms with Crippen LogP contribution in [0.3, 0.4) is 0 Å². The molecule has 0 aliphatic heterocycles. The fourth-order valence-electron chi connectivity index (χ4n) is 0.972. The summed E-state index contributed by atoms with van der Waals surface area (Å²) in [6, 6.07) is 0. The lowest BCUT2D eigenvalue weighted by Crippen LogP contribution is -2.09. The van der Waals surface area contributed by atoms with Gasteiger partial charge in [0, 0.05) is 12.4 Å². The van der Waals surface area contributed by atoms with Crippen molar-refractivity contribution in [2.24, 2.45) is 0 Å². The van der Waals surface area contributed by atoms with E-state index in [2.05, 4.69) is 9.97 Å². The van der Waals surface area contributed by atoms with E-state index in [1.165, 1.54) is 12.3 Å². The van der Waals surface area contributed by atoms with Gasteiger partial charge in [-0.05, 0) is 13.0 Å². The minimum absolute atomic E-state index is 0.141. The molecule has 2 N–H and O–H groups in total. The van der Waals surface area contributed by atoms with Crippen molar-refractivity contribution in [3.8, 4) is 0 Å². The largest absolute Gasteiger partial charge is 0.462 e. The van der Waals surface area contributed by atoms with Crippen LogP contribution in [0.2, 0.25) is 0 Å². The van der Waals surface area contributed by atoms with Crippen molar-refractivity contribution in [2.75, 3.05) is 6.61 Å². The molecule has 0 aromatic carbocycles. The maximum Gasteiger partial charge on any atom is 0.342 e. The number of esters is 1. The van der Waals surface area contributed by atoms with Gasteiger partial charge >= 0.3 is 5.97 Å². The summed E-state index contributed by atoms with van der Waals surface area (Å²) < 4.78 is 4.81. The van der Waals surface area contributed by atoms with Gasteiger partial charge < -0.3 is 9.72 Å². The van der Waals surface area contributed by atoms with E-state index in [4.69, 9.17) is 21.7 Å². The summed E-state index contributed by atoms with van der Waals surface area (Å²) in [5.41, 5.74) is 0.141. The van der Waals surface area contributed by atoms with Crippen LogP contribution >= 0.6 is 11.6 Å². The molecule has 0 amide bonds. The van der Waals surface area contributed by atoms with E-state index in [1.807, 2.05) is 0 Å². The van der Waals surface area contributed by atoms with Crippen molar-refractivity contribution in [1.29, 1.82) is 5.41 Å². The molecule has 0 saturated heterocycles. The van der Waals surface area contributed by atoms with Crippen LogP contribution in [0.25, 0.3) is 5.57 Å². The van der Waals surface area contributed by atoms with Crippen molar-refractivity contribution < 1.29 is 9.53 Å². The molecular weight excluding hydrogens is 218 g/mol. The summed E-state index contributed by atoms with van der Waals surface area (Å²) in [5.74, 6) is -0.225. The number of nitrogens with zero attached hydrogens (tertiary/aromatic N) is 1. The fourth-order valence-corrected chi connectivity index (χ4v) is 1.08. The minimum atomic E-state index is -0.558. The van der Waals surface area contributed by atoms with Gasteiger partial charge in [0.1, 0.15) is 16.6 Å². The number of carbonyl (C=O) groups excluding carboxylic acids is 1. The van der Waals surface area contributed by atoms with E-state index in [1.54, 1.807) is 13.1 Å². The van der Waals surface area contributed by atoms with Crippen LogP contribution in [0.5, 0.6) is 0 Å². The Balaban J connectivity index is 2.99. The van der Waals surface area contributed by atoms with Gasteiger partial charge in [0.2, 0.25) is 0 Å². The van der Waals surface area contributed by atoms with Crippen molar-refractivity contribution in [1.82, 2.24) is 9.97 Å². The molecule has 5 nitrogen and oxygen atoms in total. The average Bonchev–Trinajstić information content (AvgIpc) is 2.66. The number of ether oxygens (including phenoxy) is 1. The average molecular weight is 228 g/mol. The number of rotatable bonds is 4. The second-order valence-corrected chi connectivity index (χ2v) is 2.97. The van der Waals surface area contributed by atoms with Gasteiger partial charge in [0.15, 0.2) is 0 Å². The molecule has 0 unspecified atom stereocenters. The lowest BCUT2D eigenvalue weighted by Gasteiger charge is -2.03. The number of imidazole rings is 1. The second-order valence-electron chi connectivity index (χ2n) is 2.56. The Morgan fingerprint density at radius 2 is 2.53 bits per heavy atom. The Kier molecular flexibility index (Phi) is 4.05. The van der Waals surface area contributed by atoms with Gasteiger partial charge in [-0.25, -0.2) is 9.78 Å². The van der Waals surface area contributed by atoms with Crippen LogP contribution < -0.4 is 0 Å². The predicted octanol–water partition coefficient (Wildman–Crippen LogP) is 1.57. The van der Waals surface area contributed by atoms with E-state index in [0.29, 0.717) is 5.82 Å². The maximum atomic E-state index is 11.5. The Hall–Kier alpha value is -1.62. The number of aromatic nitrogens is 2. The predicted molar refractivity (Wildman–Crippen MR) is 56.8 cm³/mol. The number of hydrogen-bond donors (Lipinski definition) is 2. The summed E-state index contributed by atoms with van der Waals surface area (Å²) >= 11 is 5.39. The van der Waals surface area contributed by atoms with Gasteiger partial charge in [-0.2, -0.15) is 0 Å². The first-order valence-electron chi connectivity index (χ1n) is 4.27. The van der Waals surface area contributed by atoms with Gasteiger partial charge in [0.25, 0.3) is 0 Å². The molecule has 0 spiro atoms. The van der Waals surface area contributed by atoms with Crippen LogP contribution in [0.4, 0.5) is 0 Å². The number of H-pyrrole nitrogens is 1. The third-order valence-electron chi connectivity index (χ3n) is 1.52. The Bertz CT molecular complexity index is 384. The lowest BCUT2D eigenvalue weighted by molar-refractivity contribution is -0.136. The van der Waals surface area contributed by atoms with Crippen LogP contribution in [-0.4, -0.2) is 27.7 Å². The fraction of sp³-hybridized carbons (Fsp3) is 0.222. The highest BCUT2D eigenvalue weighted by molar-refractivity contribution is 6.68. The zero-order valence-corrected chi connectivity index (χ0v) is 8.84. The quantitative estimate of drug-likeness (QED) is 0.466. The van der Waals surface area contributed by atoms with Gasteiger partial charge in [-0.15, -0.1) is 0 Å². The monoisotopic (exact) mass is 227 g/mol. The summed E-state index contributed by atoms with van der Waals surface area (Å²) in [4.78, 5) is 18.1. The second kappa shape index (κ2) is 5.31. The molecule has 1 aromatic rings. The van der Waals surface area contributed by atoms with E-state index >= 15 is 0 Å². The van der Waals surface area contributed by atoms with E-state index in [9.17, 15) is 4.79 Å². The smallest absolute Gasteiger partial charge is 0.342 e. The first-order chi connectivity index (χ1) is 7.15. The Labute approximate surface area is 91.6 Å². The Morgan fingerprint density at radius 1 is 1.80 bits per heavy atom. The molecule has 6 heteroatoms. The van der Waals surface area contributed by atoms with Gasteiger partial charge in [-0.3, -0.25) is 5.41 Å². The zero-order chi connectivity index (χ0) is 11.3. The molecule has 0 radical (unpaired) electrons. The highest BCUT2D eigenvalue weighted by atomic mass is 35.5. The molecule has 0 fully saturated rings. The minimum Gasteiger partial charge on any atom is -0.462 e. The van der Waals surface area contributed by atoms with Crippen molar-refractivity contribution in [3.05, 3.63) is 24.3 Å². The first kappa shape index (κ1) is 11.5. The third-order valence-corrected chi connectivity index (χ3v) is 1.63. The molecule has 0 saturated carbocycles.